The number of rotatable bonds is 5. The van der Waals surface area contributed by atoms with Crippen molar-refractivity contribution in [2.45, 2.75) is 58.1 Å². The van der Waals surface area contributed by atoms with Crippen molar-refractivity contribution in [1.29, 1.82) is 0 Å². The van der Waals surface area contributed by atoms with Gasteiger partial charge in [0, 0.05) is 42.5 Å². The Bertz CT molecular complexity index is 1990. The molecule has 2 aliphatic rings. The number of pyridine rings is 1. The topological polar surface area (TPSA) is 101 Å². The van der Waals surface area contributed by atoms with Crippen LogP contribution in [0.15, 0.2) is 91.1 Å². The molecular formula is C38H38N6O3. The predicted molar refractivity (Wildman–Crippen MR) is 185 cm³/mol. The summed E-state index contributed by atoms with van der Waals surface area (Å²) < 4.78 is 7.79. The average Bonchev–Trinajstić information content (AvgIpc) is 3.36. The molecule has 9 nitrogen and oxygen atoms in total. The summed E-state index contributed by atoms with van der Waals surface area (Å²) in [7, 11) is 1.77. The van der Waals surface area contributed by atoms with E-state index < -0.39 is 17.2 Å². The number of aromatic nitrogens is 3. The van der Waals surface area contributed by atoms with Crippen LogP contribution in [0.5, 0.6) is 0 Å². The molecule has 1 fully saturated rings. The van der Waals surface area contributed by atoms with E-state index in [0.29, 0.717) is 0 Å². The zero-order valence-corrected chi connectivity index (χ0v) is 27.3. The van der Waals surface area contributed by atoms with E-state index >= 15 is 0 Å². The normalized spacial score (nSPS) is 14.3. The zero-order valence-electron chi connectivity index (χ0n) is 27.3. The molecule has 7 rings (SSSR count). The summed E-state index contributed by atoms with van der Waals surface area (Å²) in [5.74, 6) is 1.49. The maximum absolute atomic E-state index is 12.8. The van der Waals surface area contributed by atoms with Gasteiger partial charge in [0.05, 0.1) is 28.3 Å². The van der Waals surface area contributed by atoms with Gasteiger partial charge in [-0.15, -0.1) is 0 Å². The number of carbonyl (C=O) groups is 2. The molecule has 0 radical (unpaired) electrons. The van der Waals surface area contributed by atoms with Crippen LogP contribution in [0.1, 0.15) is 52.5 Å². The van der Waals surface area contributed by atoms with Gasteiger partial charge in [0.2, 0.25) is 5.91 Å². The molecule has 1 aliphatic carbocycles. The van der Waals surface area contributed by atoms with E-state index in [1.807, 2.05) is 75.4 Å². The number of carbonyl (C=O) groups excluding carboxylic acids is 2. The van der Waals surface area contributed by atoms with Crippen molar-refractivity contribution in [3.8, 4) is 39.6 Å². The number of nitrogens with zero attached hydrogens (tertiary/aromatic N) is 4. The Balaban J connectivity index is 1.39. The predicted octanol–water partition coefficient (Wildman–Crippen LogP) is 8.21. The molecule has 0 unspecified atom stereocenters. The van der Waals surface area contributed by atoms with E-state index in [9.17, 15) is 9.59 Å². The first-order valence-electron chi connectivity index (χ1n) is 15.9. The van der Waals surface area contributed by atoms with Crippen LogP contribution in [-0.2, 0) is 15.1 Å². The highest BCUT2D eigenvalue weighted by molar-refractivity contribution is 5.93. The molecule has 1 saturated carbocycles. The molecule has 0 saturated heterocycles. The fourth-order valence-corrected chi connectivity index (χ4v) is 6.38. The fraction of sp³-hybridized carbons (Fsp3) is 0.263. The first-order valence-corrected chi connectivity index (χ1v) is 15.9. The summed E-state index contributed by atoms with van der Waals surface area (Å²) in [6.45, 7) is 7.17. The van der Waals surface area contributed by atoms with Gasteiger partial charge in [0.15, 0.2) is 5.82 Å². The molecule has 9 heteroatoms. The average molecular weight is 627 g/mol. The summed E-state index contributed by atoms with van der Waals surface area (Å²) in [4.78, 5) is 36.5. The molecule has 2 aromatic heterocycles. The molecule has 0 spiro atoms. The van der Waals surface area contributed by atoms with E-state index in [-0.39, 0.29) is 5.91 Å². The van der Waals surface area contributed by atoms with Gasteiger partial charge >= 0.3 is 6.09 Å². The minimum absolute atomic E-state index is 0.0363. The molecule has 1 aliphatic heterocycles. The third-order valence-electron chi connectivity index (χ3n) is 8.98. The Kier molecular flexibility index (Phi) is 7.34. The first-order chi connectivity index (χ1) is 22.5. The number of ether oxygens (including phenoxy) is 1. The number of benzene rings is 3. The number of alkyl carbamates (subject to hydrolysis) is 1. The SMILES string of the molecule is CC(=O)N(C)c1ccc(-c2nc3n(c2-c2ccc(C4(NC(=O)OC(C)(C)C)CCC4)cc2)-c2cccnc2Nc2ccccc2-3)cc1. The Morgan fingerprint density at radius 3 is 2.30 bits per heavy atom. The summed E-state index contributed by atoms with van der Waals surface area (Å²) in [6, 6.07) is 28.4. The van der Waals surface area contributed by atoms with E-state index in [4.69, 9.17) is 14.7 Å². The van der Waals surface area contributed by atoms with Crippen LogP contribution in [0, 0.1) is 0 Å². The standard InChI is InChI=1S/C38H38N6O3/c1-24(45)43(5)28-19-15-25(16-20-28)32-33(26-13-17-27(18-14-26)38(21-9-22-38)42-36(46)47-37(2,3)4)44-31-12-8-23-39-34(31)40-30-11-7-6-10-29(30)35(44)41-32/h6-8,10-20,23H,9,21-22H2,1-5H3,(H,39,40)(H,42,46). The number of hydrogen-bond acceptors (Lipinski definition) is 6. The van der Waals surface area contributed by atoms with Crippen LogP contribution in [0.4, 0.5) is 22.0 Å². The van der Waals surface area contributed by atoms with Crippen molar-refractivity contribution in [2.24, 2.45) is 0 Å². The minimum Gasteiger partial charge on any atom is -0.444 e. The number of amides is 2. The lowest BCUT2D eigenvalue weighted by atomic mass is 9.71. The Hall–Kier alpha value is -5.44. The lowest BCUT2D eigenvalue weighted by Crippen LogP contribution is -2.52. The van der Waals surface area contributed by atoms with Crippen LogP contribution in [0.2, 0.25) is 0 Å². The highest BCUT2D eigenvalue weighted by Gasteiger charge is 2.41. The van der Waals surface area contributed by atoms with Gasteiger partial charge in [-0.2, -0.15) is 0 Å². The highest BCUT2D eigenvalue weighted by atomic mass is 16.6. The second kappa shape index (κ2) is 11.4. The van der Waals surface area contributed by atoms with Crippen molar-refractivity contribution in [1.82, 2.24) is 19.9 Å². The van der Waals surface area contributed by atoms with Crippen LogP contribution < -0.4 is 15.5 Å². The van der Waals surface area contributed by atoms with Crippen LogP contribution in [-0.4, -0.2) is 39.2 Å². The number of para-hydroxylation sites is 1. The number of fused-ring (bicyclic) bond motifs is 5. The lowest BCUT2D eigenvalue weighted by Gasteiger charge is -2.43. The number of nitrogens with one attached hydrogen (secondary N) is 2. The van der Waals surface area contributed by atoms with Gasteiger partial charge < -0.3 is 20.3 Å². The maximum atomic E-state index is 12.8. The Morgan fingerprint density at radius 1 is 0.936 bits per heavy atom. The van der Waals surface area contributed by atoms with Gasteiger partial charge in [-0.25, -0.2) is 14.8 Å². The van der Waals surface area contributed by atoms with Gasteiger partial charge in [0.1, 0.15) is 11.4 Å². The molecule has 0 bridgehead atoms. The molecular weight excluding hydrogens is 588 g/mol. The Morgan fingerprint density at radius 2 is 1.64 bits per heavy atom. The van der Waals surface area contributed by atoms with Gasteiger partial charge in [-0.1, -0.05) is 48.5 Å². The minimum atomic E-state index is -0.576. The molecule has 238 valence electrons. The third-order valence-corrected chi connectivity index (χ3v) is 8.98. The first kappa shape index (κ1) is 30.2. The monoisotopic (exact) mass is 626 g/mol. The quantitative estimate of drug-likeness (QED) is 0.200. The third kappa shape index (κ3) is 5.52. The Labute approximate surface area is 274 Å². The number of imidazole rings is 1. The molecule has 3 aromatic carbocycles. The van der Waals surface area contributed by atoms with Crippen molar-refractivity contribution >= 4 is 29.2 Å². The highest BCUT2D eigenvalue weighted by Crippen LogP contribution is 2.46. The lowest BCUT2D eigenvalue weighted by molar-refractivity contribution is -0.116. The number of anilines is 3. The molecule has 47 heavy (non-hydrogen) atoms. The van der Waals surface area contributed by atoms with Gasteiger partial charge in [-0.3, -0.25) is 9.36 Å². The van der Waals surface area contributed by atoms with Gasteiger partial charge in [-0.05, 0) is 82.0 Å². The largest absolute Gasteiger partial charge is 0.444 e. The van der Waals surface area contributed by atoms with E-state index in [1.54, 1.807) is 25.1 Å². The van der Waals surface area contributed by atoms with Crippen molar-refractivity contribution in [2.75, 3.05) is 17.3 Å². The molecule has 0 atom stereocenters. The van der Waals surface area contributed by atoms with Crippen molar-refractivity contribution in [3.63, 3.8) is 0 Å². The second-order valence-electron chi connectivity index (χ2n) is 13.3. The van der Waals surface area contributed by atoms with Gasteiger partial charge in [0.25, 0.3) is 0 Å². The van der Waals surface area contributed by atoms with E-state index in [1.165, 1.54) is 0 Å². The summed E-state index contributed by atoms with van der Waals surface area (Å²) in [5.41, 5.74) is 7.17. The van der Waals surface area contributed by atoms with E-state index in [0.717, 1.165) is 81.6 Å². The van der Waals surface area contributed by atoms with E-state index in [2.05, 4.69) is 45.5 Å². The smallest absolute Gasteiger partial charge is 0.408 e. The summed E-state index contributed by atoms with van der Waals surface area (Å²) in [6.07, 6.45) is 4.11. The second-order valence-corrected chi connectivity index (χ2v) is 13.3. The van der Waals surface area contributed by atoms with Crippen molar-refractivity contribution < 1.29 is 14.3 Å². The summed E-state index contributed by atoms with van der Waals surface area (Å²) >= 11 is 0. The molecule has 2 amide bonds. The molecule has 3 heterocycles. The van der Waals surface area contributed by atoms with Crippen LogP contribution in [0.25, 0.3) is 39.6 Å². The number of hydrogen-bond donors (Lipinski definition) is 2. The van der Waals surface area contributed by atoms with Crippen LogP contribution >= 0.6 is 0 Å². The van der Waals surface area contributed by atoms with Crippen LogP contribution in [0.3, 0.4) is 0 Å². The fourth-order valence-electron chi connectivity index (χ4n) is 6.38. The summed E-state index contributed by atoms with van der Waals surface area (Å²) in [5, 5.41) is 6.70. The zero-order chi connectivity index (χ0) is 32.9. The molecule has 2 N–H and O–H groups in total. The maximum Gasteiger partial charge on any atom is 0.408 e. The van der Waals surface area contributed by atoms with Crippen molar-refractivity contribution in [3.05, 3.63) is 96.7 Å². The molecule has 5 aromatic rings.